The summed E-state index contributed by atoms with van der Waals surface area (Å²) in [5.41, 5.74) is 0.264. The quantitative estimate of drug-likeness (QED) is 0.605. The van der Waals surface area contributed by atoms with Crippen molar-refractivity contribution in [3.63, 3.8) is 0 Å². The Morgan fingerprint density at radius 2 is 1.93 bits per heavy atom. The van der Waals surface area contributed by atoms with E-state index in [1.165, 1.54) is 18.5 Å². The molecule has 1 aromatic heterocycles. The minimum absolute atomic E-state index is 0.0772. The first kappa shape index (κ1) is 19.1. The Labute approximate surface area is 162 Å². The average Bonchev–Trinajstić information content (AvgIpc) is 3.07. The predicted molar refractivity (Wildman–Crippen MR) is 99.6 cm³/mol. The van der Waals surface area contributed by atoms with Gasteiger partial charge in [-0.05, 0) is 29.3 Å². The molecule has 2 aromatic carbocycles. The SMILES string of the molecule is N#Cc1cc(F)c(NS(=O)(=O)c2c[nH]cc2Cc2cccc(Br)c2)cc1F. The summed E-state index contributed by atoms with van der Waals surface area (Å²) in [6.07, 6.45) is 3.13. The number of nitrogens with zero attached hydrogens (tertiary/aromatic N) is 1. The van der Waals surface area contributed by atoms with Crippen LogP contribution in [0.1, 0.15) is 16.7 Å². The van der Waals surface area contributed by atoms with Crippen LogP contribution in [0.3, 0.4) is 0 Å². The van der Waals surface area contributed by atoms with E-state index >= 15 is 0 Å². The maximum absolute atomic E-state index is 14.0. The summed E-state index contributed by atoms with van der Waals surface area (Å²) in [6.45, 7) is 0. The minimum Gasteiger partial charge on any atom is -0.366 e. The molecule has 0 aliphatic carbocycles. The van der Waals surface area contributed by atoms with Crippen molar-refractivity contribution in [3.05, 3.63) is 81.6 Å². The standard InChI is InChI=1S/C18H12BrF2N3O2S/c19-14-3-1-2-11(5-14)4-13-9-23-10-18(13)27(25,26)24-17-7-15(20)12(8-22)6-16(17)21/h1-3,5-7,9-10,23-24H,4H2. The first-order chi connectivity index (χ1) is 12.8. The molecule has 0 unspecified atom stereocenters. The van der Waals surface area contributed by atoms with Crippen LogP contribution in [0.2, 0.25) is 0 Å². The van der Waals surface area contributed by atoms with Gasteiger partial charge in [0.15, 0.2) is 0 Å². The van der Waals surface area contributed by atoms with Crippen LogP contribution in [-0.2, 0) is 16.4 Å². The Morgan fingerprint density at radius 3 is 2.63 bits per heavy atom. The summed E-state index contributed by atoms with van der Waals surface area (Å²) in [7, 11) is -4.17. The molecule has 0 atom stereocenters. The molecule has 0 saturated heterocycles. The van der Waals surface area contributed by atoms with Crippen LogP contribution in [0.25, 0.3) is 0 Å². The predicted octanol–water partition coefficient (Wildman–Crippen LogP) is 4.32. The van der Waals surface area contributed by atoms with E-state index in [1.807, 2.05) is 29.0 Å². The fraction of sp³-hybridized carbons (Fsp3) is 0.0556. The Morgan fingerprint density at radius 1 is 1.15 bits per heavy atom. The Hall–Kier alpha value is -2.70. The number of nitriles is 1. The molecule has 0 aliphatic heterocycles. The number of sulfonamides is 1. The van der Waals surface area contributed by atoms with Gasteiger partial charge < -0.3 is 4.98 Å². The highest BCUT2D eigenvalue weighted by Gasteiger charge is 2.22. The van der Waals surface area contributed by atoms with Crippen LogP contribution in [0.5, 0.6) is 0 Å². The summed E-state index contributed by atoms with van der Waals surface area (Å²) in [5.74, 6) is -2.05. The van der Waals surface area contributed by atoms with Crippen molar-refractivity contribution in [1.82, 2.24) is 4.98 Å². The van der Waals surface area contributed by atoms with Crippen LogP contribution in [0.15, 0.2) is 58.2 Å². The van der Waals surface area contributed by atoms with Crippen molar-refractivity contribution < 1.29 is 17.2 Å². The second-order valence-corrected chi connectivity index (χ2v) is 8.25. The third-order valence-electron chi connectivity index (χ3n) is 3.78. The molecule has 0 saturated carbocycles. The van der Waals surface area contributed by atoms with Crippen molar-refractivity contribution in [2.45, 2.75) is 11.3 Å². The lowest BCUT2D eigenvalue weighted by molar-refractivity contribution is 0.592. The zero-order valence-electron chi connectivity index (χ0n) is 13.6. The van der Waals surface area contributed by atoms with Gasteiger partial charge in [0.05, 0.1) is 11.3 Å². The van der Waals surface area contributed by atoms with Gasteiger partial charge in [-0.25, -0.2) is 17.2 Å². The summed E-state index contributed by atoms with van der Waals surface area (Å²) < 4.78 is 56.0. The molecule has 0 amide bonds. The molecular formula is C18H12BrF2N3O2S. The molecule has 27 heavy (non-hydrogen) atoms. The number of aromatic nitrogens is 1. The van der Waals surface area contributed by atoms with Gasteiger partial charge in [0, 0.05) is 29.4 Å². The zero-order chi connectivity index (χ0) is 19.6. The van der Waals surface area contributed by atoms with E-state index in [4.69, 9.17) is 5.26 Å². The van der Waals surface area contributed by atoms with Crippen molar-refractivity contribution in [2.75, 3.05) is 4.72 Å². The molecule has 5 nitrogen and oxygen atoms in total. The van der Waals surface area contributed by atoms with E-state index < -0.39 is 32.9 Å². The number of nitrogens with one attached hydrogen (secondary N) is 2. The van der Waals surface area contributed by atoms with E-state index in [0.29, 0.717) is 24.1 Å². The number of aromatic amines is 1. The maximum Gasteiger partial charge on any atom is 0.263 e. The highest BCUT2D eigenvalue weighted by atomic mass is 79.9. The zero-order valence-corrected chi connectivity index (χ0v) is 16.0. The topological polar surface area (TPSA) is 85.8 Å². The van der Waals surface area contributed by atoms with Crippen LogP contribution in [0, 0.1) is 23.0 Å². The summed E-state index contributed by atoms with van der Waals surface area (Å²) >= 11 is 3.36. The molecule has 1 heterocycles. The average molecular weight is 452 g/mol. The molecule has 9 heteroatoms. The monoisotopic (exact) mass is 451 g/mol. The number of benzene rings is 2. The Balaban J connectivity index is 1.92. The lowest BCUT2D eigenvalue weighted by Crippen LogP contribution is -2.15. The van der Waals surface area contributed by atoms with Gasteiger partial charge in [0.1, 0.15) is 22.6 Å². The minimum atomic E-state index is -4.17. The van der Waals surface area contributed by atoms with Gasteiger partial charge in [-0.15, -0.1) is 0 Å². The van der Waals surface area contributed by atoms with E-state index in [2.05, 4.69) is 20.9 Å². The molecule has 0 fully saturated rings. The van der Waals surface area contributed by atoms with Crippen molar-refractivity contribution in [1.29, 1.82) is 5.26 Å². The number of anilines is 1. The van der Waals surface area contributed by atoms with E-state index in [9.17, 15) is 17.2 Å². The molecule has 0 spiro atoms. The molecule has 3 aromatic rings. The van der Waals surface area contributed by atoms with Gasteiger partial charge in [-0.2, -0.15) is 5.26 Å². The third kappa shape index (κ3) is 4.18. The van der Waals surface area contributed by atoms with Crippen LogP contribution in [0.4, 0.5) is 14.5 Å². The van der Waals surface area contributed by atoms with Crippen LogP contribution >= 0.6 is 15.9 Å². The number of hydrogen-bond acceptors (Lipinski definition) is 3. The number of hydrogen-bond donors (Lipinski definition) is 2. The highest BCUT2D eigenvalue weighted by Crippen LogP contribution is 2.25. The van der Waals surface area contributed by atoms with E-state index in [-0.39, 0.29) is 4.90 Å². The fourth-order valence-electron chi connectivity index (χ4n) is 2.55. The van der Waals surface area contributed by atoms with Gasteiger partial charge in [-0.3, -0.25) is 4.72 Å². The molecule has 138 valence electrons. The first-order valence-corrected chi connectivity index (χ1v) is 9.90. The largest absolute Gasteiger partial charge is 0.366 e. The molecule has 3 rings (SSSR count). The molecule has 2 N–H and O–H groups in total. The van der Waals surface area contributed by atoms with Gasteiger partial charge in [-0.1, -0.05) is 28.1 Å². The number of halogens is 3. The number of H-pyrrole nitrogens is 1. The van der Waals surface area contributed by atoms with Crippen LogP contribution in [-0.4, -0.2) is 13.4 Å². The molecule has 0 aliphatic rings. The second-order valence-electron chi connectivity index (χ2n) is 5.68. The molecule has 0 bridgehead atoms. The fourth-order valence-corrected chi connectivity index (χ4v) is 4.25. The Bertz CT molecular complexity index is 1150. The smallest absolute Gasteiger partial charge is 0.263 e. The van der Waals surface area contributed by atoms with Gasteiger partial charge in [0.25, 0.3) is 10.0 Å². The van der Waals surface area contributed by atoms with Crippen LogP contribution < -0.4 is 4.72 Å². The summed E-state index contributed by atoms with van der Waals surface area (Å²) in [6, 6.07) is 10.2. The lowest BCUT2D eigenvalue weighted by Gasteiger charge is -2.10. The van der Waals surface area contributed by atoms with Crippen molar-refractivity contribution >= 4 is 31.6 Å². The molecule has 0 radical (unpaired) electrons. The summed E-state index contributed by atoms with van der Waals surface area (Å²) in [5, 5.41) is 8.71. The van der Waals surface area contributed by atoms with Crippen molar-refractivity contribution in [3.8, 4) is 6.07 Å². The van der Waals surface area contributed by atoms with Crippen molar-refractivity contribution in [2.24, 2.45) is 0 Å². The third-order valence-corrected chi connectivity index (χ3v) is 5.72. The summed E-state index contributed by atoms with van der Waals surface area (Å²) in [4.78, 5) is 2.65. The van der Waals surface area contributed by atoms with Gasteiger partial charge in [0.2, 0.25) is 0 Å². The normalized spacial score (nSPS) is 11.2. The highest BCUT2D eigenvalue weighted by molar-refractivity contribution is 9.10. The van der Waals surface area contributed by atoms with E-state index in [1.54, 1.807) is 0 Å². The van der Waals surface area contributed by atoms with E-state index in [0.717, 1.165) is 10.0 Å². The Kier molecular flexibility index (Phi) is 5.30. The number of rotatable bonds is 5. The second kappa shape index (κ2) is 7.50. The first-order valence-electron chi connectivity index (χ1n) is 7.62. The molecular weight excluding hydrogens is 440 g/mol. The van der Waals surface area contributed by atoms with Gasteiger partial charge >= 0.3 is 0 Å². The maximum atomic E-state index is 14.0. The lowest BCUT2D eigenvalue weighted by atomic mass is 10.1.